The van der Waals surface area contributed by atoms with Crippen LogP contribution in [0.5, 0.6) is 0 Å². The summed E-state index contributed by atoms with van der Waals surface area (Å²) in [6.07, 6.45) is 0. The predicted molar refractivity (Wildman–Crippen MR) is 110 cm³/mol. The van der Waals surface area contributed by atoms with Crippen LogP contribution in [0.1, 0.15) is 31.6 Å². The molecule has 0 aliphatic carbocycles. The number of hydrogen-bond acceptors (Lipinski definition) is 5. The summed E-state index contributed by atoms with van der Waals surface area (Å²) in [7, 11) is 0. The average molecular weight is 372 g/mol. The van der Waals surface area contributed by atoms with Gasteiger partial charge in [-0.1, -0.05) is 41.9 Å². The minimum absolute atomic E-state index is 0.451. The second kappa shape index (κ2) is 7.23. The summed E-state index contributed by atoms with van der Waals surface area (Å²) in [6, 6.07) is 16.5. The minimum atomic E-state index is 0.451. The van der Waals surface area contributed by atoms with E-state index >= 15 is 0 Å². The molecule has 3 unspecified atom stereocenters. The standard InChI is InChI=1S/C20H25N3S2/c1-13-11-23(12-14(2)21-13)25-15(3)16-8-9-20-18(10-16)22-17-6-4-5-7-19(17)24-20/h4-10,13-15,21-22H,11-12H2,1-3H3. The second-order valence-corrected chi connectivity index (χ2v) is 9.56. The Kier molecular flexibility index (Phi) is 5.00. The Morgan fingerprint density at radius 3 is 2.56 bits per heavy atom. The molecule has 1 fully saturated rings. The maximum Gasteiger partial charge on any atom is 0.0529 e. The number of nitrogens with zero attached hydrogens (tertiary/aromatic N) is 1. The number of fused-ring (bicyclic) bond motifs is 2. The van der Waals surface area contributed by atoms with Gasteiger partial charge in [0.1, 0.15) is 0 Å². The van der Waals surface area contributed by atoms with E-state index in [0.717, 1.165) is 13.1 Å². The Morgan fingerprint density at radius 1 is 1.04 bits per heavy atom. The van der Waals surface area contributed by atoms with E-state index in [1.54, 1.807) is 0 Å². The first-order chi connectivity index (χ1) is 12.1. The lowest BCUT2D eigenvalue weighted by Gasteiger charge is -2.36. The van der Waals surface area contributed by atoms with Crippen LogP contribution in [0.2, 0.25) is 0 Å². The topological polar surface area (TPSA) is 27.3 Å². The van der Waals surface area contributed by atoms with Crippen molar-refractivity contribution in [2.45, 2.75) is 47.9 Å². The van der Waals surface area contributed by atoms with Crippen molar-refractivity contribution in [1.29, 1.82) is 0 Å². The lowest BCUT2D eigenvalue weighted by atomic mass is 10.1. The number of para-hydroxylation sites is 1. The molecule has 0 aromatic heterocycles. The molecule has 2 aliphatic rings. The van der Waals surface area contributed by atoms with Gasteiger partial charge in [0.05, 0.1) is 11.4 Å². The van der Waals surface area contributed by atoms with Crippen LogP contribution < -0.4 is 10.6 Å². The fourth-order valence-corrected chi connectivity index (χ4v) is 5.86. The second-order valence-electron chi connectivity index (χ2n) is 7.04. The van der Waals surface area contributed by atoms with Crippen LogP contribution in [0.3, 0.4) is 0 Å². The van der Waals surface area contributed by atoms with Crippen LogP contribution in [-0.4, -0.2) is 29.5 Å². The van der Waals surface area contributed by atoms with Gasteiger partial charge in [0.15, 0.2) is 0 Å². The molecule has 2 N–H and O–H groups in total. The third kappa shape index (κ3) is 3.85. The van der Waals surface area contributed by atoms with Gasteiger partial charge in [-0.05, 0) is 50.6 Å². The van der Waals surface area contributed by atoms with E-state index in [1.165, 1.54) is 26.7 Å². The highest BCUT2D eigenvalue weighted by Crippen LogP contribution is 2.45. The van der Waals surface area contributed by atoms with Gasteiger partial charge in [0.25, 0.3) is 0 Å². The van der Waals surface area contributed by atoms with Gasteiger partial charge in [-0.3, -0.25) is 0 Å². The third-order valence-electron chi connectivity index (χ3n) is 4.68. The van der Waals surface area contributed by atoms with Crippen LogP contribution in [-0.2, 0) is 0 Å². The third-order valence-corrected chi connectivity index (χ3v) is 7.02. The van der Waals surface area contributed by atoms with Gasteiger partial charge >= 0.3 is 0 Å². The Morgan fingerprint density at radius 2 is 1.76 bits per heavy atom. The fraction of sp³-hybridized carbons (Fsp3) is 0.400. The van der Waals surface area contributed by atoms with Crippen molar-refractivity contribution in [2.24, 2.45) is 0 Å². The number of benzene rings is 2. The molecule has 2 aromatic carbocycles. The van der Waals surface area contributed by atoms with E-state index in [9.17, 15) is 0 Å². The fourth-order valence-electron chi connectivity index (χ4n) is 3.56. The maximum atomic E-state index is 3.60. The molecular weight excluding hydrogens is 346 g/mol. The summed E-state index contributed by atoms with van der Waals surface area (Å²) in [4.78, 5) is 2.61. The van der Waals surface area contributed by atoms with E-state index in [-0.39, 0.29) is 0 Å². The van der Waals surface area contributed by atoms with Crippen molar-refractivity contribution in [1.82, 2.24) is 9.62 Å². The first-order valence-electron chi connectivity index (χ1n) is 8.94. The Hall–Kier alpha value is -1.14. The quantitative estimate of drug-likeness (QED) is 0.611. The first kappa shape index (κ1) is 17.3. The van der Waals surface area contributed by atoms with Crippen LogP contribution >= 0.6 is 23.7 Å². The molecule has 0 amide bonds. The molecule has 0 spiro atoms. The molecule has 0 saturated carbocycles. The summed E-state index contributed by atoms with van der Waals surface area (Å²) in [5.74, 6) is 0. The molecule has 2 heterocycles. The van der Waals surface area contributed by atoms with Gasteiger partial charge in [-0.25, -0.2) is 4.31 Å². The number of hydrogen-bond donors (Lipinski definition) is 2. The van der Waals surface area contributed by atoms with Gasteiger partial charge < -0.3 is 10.6 Å². The smallest absolute Gasteiger partial charge is 0.0529 e. The molecule has 132 valence electrons. The van der Waals surface area contributed by atoms with E-state index in [2.05, 4.69) is 78.2 Å². The zero-order valence-corrected chi connectivity index (χ0v) is 16.6. The molecule has 4 rings (SSSR count). The summed E-state index contributed by atoms with van der Waals surface area (Å²) in [5.41, 5.74) is 3.83. The predicted octanol–water partition coefficient (Wildman–Crippen LogP) is 5.29. The van der Waals surface area contributed by atoms with Crippen molar-refractivity contribution >= 4 is 35.1 Å². The number of nitrogens with one attached hydrogen (secondary N) is 2. The molecule has 3 atom stereocenters. The molecule has 0 bridgehead atoms. The van der Waals surface area contributed by atoms with Gasteiger partial charge in [-0.15, -0.1) is 0 Å². The van der Waals surface area contributed by atoms with Crippen molar-refractivity contribution in [2.75, 3.05) is 18.4 Å². The zero-order valence-electron chi connectivity index (χ0n) is 15.0. The van der Waals surface area contributed by atoms with Gasteiger partial charge in [0, 0.05) is 40.2 Å². The molecule has 2 aromatic rings. The van der Waals surface area contributed by atoms with Gasteiger partial charge in [-0.2, -0.15) is 0 Å². The van der Waals surface area contributed by atoms with Gasteiger partial charge in [0.2, 0.25) is 0 Å². The highest BCUT2D eigenvalue weighted by Gasteiger charge is 2.24. The molecule has 2 aliphatic heterocycles. The summed E-state index contributed by atoms with van der Waals surface area (Å²) in [6.45, 7) is 9.06. The molecular formula is C20H25N3S2. The lowest BCUT2D eigenvalue weighted by Crippen LogP contribution is -2.51. The largest absolute Gasteiger partial charge is 0.354 e. The zero-order chi connectivity index (χ0) is 17.4. The van der Waals surface area contributed by atoms with E-state index in [4.69, 9.17) is 0 Å². The normalized spacial score (nSPS) is 24.1. The number of piperazine rings is 1. The van der Waals surface area contributed by atoms with Crippen molar-refractivity contribution in [3.05, 3.63) is 48.0 Å². The average Bonchev–Trinajstić information content (AvgIpc) is 2.58. The Labute approximate surface area is 159 Å². The Balaban J connectivity index is 1.49. The molecule has 5 heteroatoms. The number of anilines is 2. The molecule has 25 heavy (non-hydrogen) atoms. The van der Waals surface area contributed by atoms with Crippen LogP contribution in [0.25, 0.3) is 0 Å². The minimum Gasteiger partial charge on any atom is -0.354 e. The SMILES string of the molecule is CC1CN(SC(C)c2ccc3c(c2)Nc2ccccc2S3)CC(C)N1. The lowest BCUT2D eigenvalue weighted by molar-refractivity contribution is 0.280. The van der Waals surface area contributed by atoms with Crippen LogP contribution in [0.4, 0.5) is 11.4 Å². The highest BCUT2D eigenvalue weighted by atomic mass is 32.2. The van der Waals surface area contributed by atoms with Crippen LogP contribution in [0, 0.1) is 0 Å². The van der Waals surface area contributed by atoms with Crippen molar-refractivity contribution < 1.29 is 0 Å². The Bertz CT molecular complexity index is 754. The van der Waals surface area contributed by atoms with Crippen molar-refractivity contribution in [3.63, 3.8) is 0 Å². The van der Waals surface area contributed by atoms with E-state index < -0.39 is 0 Å². The van der Waals surface area contributed by atoms with E-state index in [0.29, 0.717) is 17.3 Å². The van der Waals surface area contributed by atoms with E-state index in [1.807, 2.05) is 23.7 Å². The monoisotopic (exact) mass is 371 g/mol. The molecule has 1 saturated heterocycles. The first-order valence-corrected chi connectivity index (χ1v) is 10.6. The summed E-state index contributed by atoms with van der Waals surface area (Å²) < 4.78 is 2.52. The number of rotatable bonds is 3. The highest BCUT2D eigenvalue weighted by molar-refractivity contribution is 7.99. The maximum absolute atomic E-state index is 3.60. The molecule has 0 radical (unpaired) electrons. The van der Waals surface area contributed by atoms with Crippen LogP contribution in [0.15, 0.2) is 52.3 Å². The summed E-state index contributed by atoms with van der Waals surface area (Å²) in [5, 5.41) is 7.66. The summed E-state index contributed by atoms with van der Waals surface area (Å²) >= 11 is 3.83. The van der Waals surface area contributed by atoms with Crippen molar-refractivity contribution in [3.8, 4) is 0 Å². The molecule has 3 nitrogen and oxygen atoms in total.